The molecule has 33 heavy (non-hydrogen) atoms. The summed E-state index contributed by atoms with van der Waals surface area (Å²) in [7, 11) is 1.58. The van der Waals surface area contributed by atoms with Crippen LogP contribution >= 0.6 is 0 Å². The van der Waals surface area contributed by atoms with Gasteiger partial charge in [0.15, 0.2) is 0 Å². The average Bonchev–Trinajstić information content (AvgIpc) is 3.08. The normalized spacial score (nSPS) is 17.8. The molecule has 1 saturated heterocycles. The van der Waals surface area contributed by atoms with Gasteiger partial charge in [-0.15, -0.1) is 0 Å². The van der Waals surface area contributed by atoms with Gasteiger partial charge in [0.25, 0.3) is 11.7 Å². The van der Waals surface area contributed by atoms with Crippen LogP contribution in [0.1, 0.15) is 48.6 Å². The van der Waals surface area contributed by atoms with Crippen LogP contribution in [0.5, 0.6) is 5.75 Å². The number of aryl methyl sites for hydroxylation is 2. The Morgan fingerprint density at radius 2 is 1.82 bits per heavy atom. The minimum Gasteiger partial charge on any atom is -0.507 e. The Hall–Kier alpha value is -3.12. The van der Waals surface area contributed by atoms with Gasteiger partial charge in [-0.05, 0) is 69.2 Å². The van der Waals surface area contributed by atoms with Crippen LogP contribution in [-0.2, 0) is 9.59 Å². The molecular weight excluding hydrogens is 416 g/mol. The van der Waals surface area contributed by atoms with Crippen LogP contribution in [0.25, 0.3) is 5.76 Å². The van der Waals surface area contributed by atoms with Crippen LogP contribution in [0.15, 0.2) is 48.0 Å². The van der Waals surface area contributed by atoms with Crippen molar-refractivity contribution >= 4 is 17.4 Å². The first-order valence-electron chi connectivity index (χ1n) is 11.5. The van der Waals surface area contributed by atoms with Gasteiger partial charge >= 0.3 is 0 Å². The zero-order chi connectivity index (χ0) is 24.1. The molecule has 0 spiro atoms. The number of likely N-dealkylation sites (tertiary alicyclic amines) is 1. The molecule has 0 aromatic heterocycles. The maximum atomic E-state index is 13.2. The fourth-order valence-electron chi connectivity index (χ4n) is 4.41. The lowest BCUT2D eigenvalue weighted by Crippen LogP contribution is -2.33. The number of ether oxygens (including phenoxy) is 1. The minimum atomic E-state index is -0.670. The maximum absolute atomic E-state index is 13.2. The highest BCUT2D eigenvalue weighted by molar-refractivity contribution is 6.46. The molecule has 2 aromatic rings. The molecule has 2 aromatic carbocycles. The summed E-state index contributed by atoms with van der Waals surface area (Å²) < 4.78 is 5.39. The standard InChI is InChI=1S/C27H34N2O4/c1-6-28(7-2)14-9-15-29-24(20-10-8-11-21(17-20)33-5)23(26(31)27(29)32)25(30)22-16-18(3)12-13-19(22)4/h8,10-13,16-17,24,30H,6-7,9,14-15H2,1-5H3/b25-23+. The molecule has 0 aliphatic carbocycles. The van der Waals surface area contributed by atoms with Crippen LogP contribution in [0, 0.1) is 13.8 Å². The fraction of sp³-hybridized carbons (Fsp3) is 0.407. The number of methoxy groups -OCH3 is 1. The number of carbonyl (C=O) groups excluding carboxylic acids is 2. The lowest BCUT2D eigenvalue weighted by molar-refractivity contribution is -0.140. The van der Waals surface area contributed by atoms with Crippen molar-refractivity contribution in [3.8, 4) is 5.75 Å². The number of benzene rings is 2. The summed E-state index contributed by atoms with van der Waals surface area (Å²) in [6.45, 7) is 11.1. The highest BCUT2D eigenvalue weighted by Crippen LogP contribution is 2.40. The molecule has 1 amide bonds. The van der Waals surface area contributed by atoms with Gasteiger partial charge < -0.3 is 19.6 Å². The molecule has 0 radical (unpaired) electrons. The Bertz CT molecular complexity index is 1060. The first-order valence-corrected chi connectivity index (χ1v) is 11.5. The van der Waals surface area contributed by atoms with Crippen LogP contribution in [-0.4, -0.2) is 59.9 Å². The topological polar surface area (TPSA) is 70.1 Å². The molecule has 1 heterocycles. The Labute approximate surface area is 196 Å². The van der Waals surface area contributed by atoms with Crippen LogP contribution in [0.4, 0.5) is 0 Å². The highest BCUT2D eigenvalue weighted by atomic mass is 16.5. The minimum absolute atomic E-state index is 0.129. The summed E-state index contributed by atoms with van der Waals surface area (Å²) in [6, 6.07) is 12.4. The SMILES string of the molecule is CCN(CC)CCCN1C(=O)C(=O)/C(=C(/O)c2cc(C)ccc2C)C1c1cccc(OC)c1. The van der Waals surface area contributed by atoms with E-state index in [1.165, 1.54) is 0 Å². The van der Waals surface area contributed by atoms with E-state index < -0.39 is 17.7 Å². The number of aliphatic hydroxyl groups excluding tert-OH is 1. The molecule has 1 atom stereocenters. The average molecular weight is 451 g/mol. The maximum Gasteiger partial charge on any atom is 0.295 e. The third-order valence-electron chi connectivity index (χ3n) is 6.37. The largest absolute Gasteiger partial charge is 0.507 e. The number of ketones is 1. The molecule has 6 nitrogen and oxygen atoms in total. The number of hydrogen-bond donors (Lipinski definition) is 1. The molecule has 1 aliphatic heterocycles. The van der Waals surface area contributed by atoms with E-state index in [9.17, 15) is 14.7 Å². The molecule has 1 unspecified atom stereocenters. The highest BCUT2D eigenvalue weighted by Gasteiger charge is 2.46. The molecule has 0 bridgehead atoms. The van der Waals surface area contributed by atoms with Gasteiger partial charge in [-0.2, -0.15) is 0 Å². The lowest BCUT2D eigenvalue weighted by Gasteiger charge is -2.27. The van der Waals surface area contributed by atoms with E-state index in [2.05, 4.69) is 18.7 Å². The summed E-state index contributed by atoms with van der Waals surface area (Å²) in [4.78, 5) is 30.2. The molecule has 3 rings (SSSR count). The molecule has 6 heteroatoms. The Morgan fingerprint density at radius 3 is 2.48 bits per heavy atom. The number of hydrogen-bond acceptors (Lipinski definition) is 5. The predicted molar refractivity (Wildman–Crippen MR) is 130 cm³/mol. The van der Waals surface area contributed by atoms with Crippen molar-refractivity contribution in [1.82, 2.24) is 9.80 Å². The second-order valence-electron chi connectivity index (χ2n) is 8.47. The molecule has 1 N–H and O–H groups in total. The molecule has 1 aliphatic rings. The Morgan fingerprint density at radius 1 is 1.09 bits per heavy atom. The second-order valence-corrected chi connectivity index (χ2v) is 8.47. The van der Waals surface area contributed by atoms with Gasteiger partial charge in [-0.25, -0.2) is 0 Å². The summed E-state index contributed by atoms with van der Waals surface area (Å²) in [5.41, 5.74) is 3.25. The van der Waals surface area contributed by atoms with Gasteiger partial charge in [-0.1, -0.05) is 43.7 Å². The van der Waals surface area contributed by atoms with Crippen molar-refractivity contribution in [3.63, 3.8) is 0 Å². The van der Waals surface area contributed by atoms with E-state index in [-0.39, 0.29) is 11.3 Å². The smallest absolute Gasteiger partial charge is 0.295 e. The Kier molecular flexibility index (Phi) is 7.92. The van der Waals surface area contributed by atoms with E-state index in [0.29, 0.717) is 17.9 Å². The monoisotopic (exact) mass is 450 g/mol. The van der Waals surface area contributed by atoms with Gasteiger partial charge in [0, 0.05) is 12.1 Å². The first-order chi connectivity index (χ1) is 15.8. The van der Waals surface area contributed by atoms with E-state index in [1.54, 1.807) is 12.0 Å². The predicted octanol–water partition coefficient (Wildman–Crippen LogP) is 4.47. The zero-order valence-corrected chi connectivity index (χ0v) is 20.2. The van der Waals surface area contributed by atoms with Crippen LogP contribution in [0.3, 0.4) is 0 Å². The summed E-state index contributed by atoms with van der Waals surface area (Å²) in [6.07, 6.45) is 0.735. The summed E-state index contributed by atoms with van der Waals surface area (Å²) >= 11 is 0. The number of rotatable bonds is 9. The number of carbonyl (C=O) groups is 2. The first kappa shape index (κ1) is 24.5. The van der Waals surface area contributed by atoms with Crippen LogP contribution < -0.4 is 4.74 Å². The van der Waals surface area contributed by atoms with Crippen molar-refractivity contribution < 1.29 is 19.4 Å². The van der Waals surface area contributed by atoms with Crippen molar-refractivity contribution in [2.24, 2.45) is 0 Å². The van der Waals surface area contributed by atoms with Gasteiger partial charge in [-0.3, -0.25) is 9.59 Å². The number of aliphatic hydroxyl groups is 1. The lowest BCUT2D eigenvalue weighted by atomic mass is 9.93. The quantitative estimate of drug-likeness (QED) is 0.347. The number of nitrogens with zero attached hydrogens (tertiary/aromatic N) is 2. The third kappa shape index (κ3) is 5.11. The summed E-state index contributed by atoms with van der Waals surface area (Å²) in [5, 5.41) is 11.3. The second kappa shape index (κ2) is 10.7. The van der Waals surface area contributed by atoms with Crippen molar-refractivity contribution in [3.05, 3.63) is 70.3 Å². The molecule has 1 fully saturated rings. The van der Waals surface area contributed by atoms with Gasteiger partial charge in [0.05, 0.1) is 18.7 Å². The van der Waals surface area contributed by atoms with Crippen molar-refractivity contribution in [1.29, 1.82) is 0 Å². The van der Waals surface area contributed by atoms with E-state index >= 15 is 0 Å². The van der Waals surface area contributed by atoms with Gasteiger partial charge in [0.2, 0.25) is 0 Å². The molecule has 176 valence electrons. The molecule has 0 saturated carbocycles. The molecular formula is C27H34N2O4. The Balaban J connectivity index is 2.09. The van der Waals surface area contributed by atoms with E-state index in [1.807, 2.05) is 56.3 Å². The van der Waals surface area contributed by atoms with E-state index in [0.717, 1.165) is 42.7 Å². The summed E-state index contributed by atoms with van der Waals surface area (Å²) in [5.74, 6) is -0.722. The van der Waals surface area contributed by atoms with Crippen LogP contribution in [0.2, 0.25) is 0 Å². The number of amides is 1. The zero-order valence-electron chi connectivity index (χ0n) is 20.2. The fourth-order valence-corrected chi connectivity index (χ4v) is 4.41. The van der Waals surface area contributed by atoms with Gasteiger partial charge in [0.1, 0.15) is 11.5 Å². The van der Waals surface area contributed by atoms with Crippen molar-refractivity contribution in [2.45, 2.75) is 40.2 Å². The number of Topliss-reactive ketones (excluding diaryl/α,β-unsaturated/α-hetero) is 1. The van der Waals surface area contributed by atoms with Crippen molar-refractivity contribution in [2.75, 3.05) is 33.3 Å². The van der Waals surface area contributed by atoms with E-state index in [4.69, 9.17) is 4.74 Å². The third-order valence-corrected chi connectivity index (χ3v) is 6.37.